The van der Waals surface area contributed by atoms with Crippen molar-refractivity contribution in [1.29, 1.82) is 0 Å². The second-order valence-corrected chi connectivity index (χ2v) is 6.93. The molecule has 0 aromatic heterocycles. The summed E-state index contributed by atoms with van der Waals surface area (Å²) in [5.41, 5.74) is 2.18. The molecule has 2 atom stereocenters. The summed E-state index contributed by atoms with van der Waals surface area (Å²) in [6, 6.07) is 20.1. The lowest BCUT2D eigenvalue weighted by Gasteiger charge is -2.26. The molecule has 0 saturated heterocycles. The maximum Gasteiger partial charge on any atom is 0.147 e. The van der Waals surface area contributed by atoms with Gasteiger partial charge in [-0.15, -0.1) is 0 Å². The van der Waals surface area contributed by atoms with Gasteiger partial charge in [-0.25, -0.2) is 0 Å². The predicted molar refractivity (Wildman–Crippen MR) is 99.2 cm³/mol. The molecule has 0 amide bonds. The van der Waals surface area contributed by atoms with Crippen LogP contribution in [-0.2, 0) is 9.59 Å². The predicted octanol–water partition coefficient (Wildman–Crippen LogP) is 4.37. The van der Waals surface area contributed by atoms with Crippen molar-refractivity contribution in [3.05, 3.63) is 71.8 Å². The smallest absolute Gasteiger partial charge is 0.147 e. The van der Waals surface area contributed by atoms with Crippen molar-refractivity contribution in [1.82, 2.24) is 0 Å². The van der Waals surface area contributed by atoms with Gasteiger partial charge >= 0.3 is 0 Å². The molecule has 0 radical (unpaired) electrons. The minimum atomic E-state index is -0.304. The molecular formula is C21H20O2S. The maximum absolute atomic E-state index is 12.8. The fourth-order valence-electron chi connectivity index (χ4n) is 3.42. The molecule has 0 heterocycles. The van der Waals surface area contributed by atoms with Crippen LogP contribution < -0.4 is 0 Å². The van der Waals surface area contributed by atoms with Gasteiger partial charge in [-0.05, 0) is 17.5 Å². The van der Waals surface area contributed by atoms with Gasteiger partial charge in [0.05, 0.1) is 6.42 Å². The summed E-state index contributed by atoms with van der Waals surface area (Å²) in [6.07, 6.45) is 0.484. The van der Waals surface area contributed by atoms with Gasteiger partial charge < -0.3 is 0 Å². The highest BCUT2D eigenvalue weighted by Crippen LogP contribution is 2.37. The molecule has 1 aliphatic carbocycles. The highest BCUT2D eigenvalue weighted by Gasteiger charge is 2.37. The lowest BCUT2D eigenvalue weighted by molar-refractivity contribution is -0.129. The summed E-state index contributed by atoms with van der Waals surface area (Å²) < 4.78 is 0. The first kappa shape index (κ1) is 16.7. The molecule has 0 N–H and O–H groups in total. The first-order valence-electron chi connectivity index (χ1n) is 8.26. The standard InChI is InChI=1S/C21H20O2S/c1-14-18(22)13-19(23)17(12-20(14)24)21(15-8-4-2-5-9-15)16-10-6-3-7-11-16/h2-11,14,17,21H,12-13H2,1H3. The third kappa shape index (κ3) is 3.36. The van der Waals surface area contributed by atoms with Crippen LogP contribution in [0.15, 0.2) is 60.7 Å². The zero-order valence-corrected chi connectivity index (χ0v) is 14.5. The van der Waals surface area contributed by atoms with E-state index in [1.165, 1.54) is 0 Å². The van der Waals surface area contributed by atoms with Gasteiger partial charge in [-0.3, -0.25) is 9.59 Å². The van der Waals surface area contributed by atoms with Crippen molar-refractivity contribution in [3.8, 4) is 0 Å². The lowest BCUT2D eigenvalue weighted by Crippen LogP contribution is -2.24. The van der Waals surface area contributed by atoms with E-state index in [-0.39, 0.29) is 35.7 Å². The fraction of sp³-hybridized carbons (Fsp3) is 0.286. The molecule has 3 rings (SSSR count). The van der Waals surface area contributed by atoms with E-state index in [2.05, 4.69) is 0 Å². The topological polar surface area (TPSA) is 34.1 Å². The van der Waals surface area contributed by atoms with E-state index >= 15 is 0 Å². The molecule has 24 heavy (non-hydrogen) atoms. The van der Waals surface area contributed by atoms with Gasteiger partial charge in [0.2, 0.25) is 0 Å². The van der Waals surface area contributed by atoms with Gasteiger partial charge in [-0.2, -0.15) is 0 Å². The van der Waals surface area contributed by atoms with E-state index in [9.17, 15) is 9.59 Å². The quantitative estimate of drug-likeness (QED) is 0.474. The molecule has 2 aromatic carbocycles. The number of rotatable bonds is 3. The van der Waals surface area contributed by atoms with E-state index in [4.69, 9.17) is 12.2 Å². The van der Waals surface area contributed by atoms with E-state index in [0.717, 1.165) is 11.1 Å². The van der Waals surface area contributed by atoms with E-state index in [0.29, 0.717) is 11.3 Å². The summed E-state index contributed by atoms with van der Waals surface area (Å²) in [5.74, 6) is -0.704. The second kappa shape index (κ2) is 7.18. The zero-order chi connectivity index (χ0) is 17.1. The Labute approximate surface area is 147 Å². The molecule has 0 aliphatic heterocycles. The largest absolute Gasteiger partial charge is 0.299 e. The number of hydrogen-bond acceptors (Lipinski definition) is 3. The summed E-state index contributed by atoms with van der Waals surface area (Å²) in [4.78, 5) is 25.7. The first-order valence-corrected chi connectivity index (χ1v) is 8.66. The average molecular weight is 336 g/mol. The Morgan fingerprint density at radius 3 is 1.88 bits per heavy atom. The Morgan fingerprint density at radius 1 is 0.875 bits per heavy atom. The van der Waals surface area contributed by atoms with E-state index < -0.39 is 0 Å². The molecule has 0 spiro atoms. The average Bonchev–Trinajstić information content (AvgIpc) is 2.70. The normalized spacial score (nSPS) is 21.8. The fourth-order valence-corrected chi connectivity index (χ4v) is 3.74. The highest BCUT2D eigenvalue weighted by molar-refractivity contribution is 7.80. The number of benzene rings is 2. The van der Waals surface area contributed by atoms with Crippen molar-refractivity contribution in [2.75, 3.05) is 0 Å². The van der Waals surface area contributed by atoms with Crippen molar-refractivity contribution in [3.63, 3.8) is 0 Å². The van der Waals surface area contributed by atoms with Gasteiger partial charge in [0.15, 0.2) is 0 Å². The molecular weight excluding hydrogens is 316 g/mol. The third-order valence-corrected chi connectivity index (χ3v) is 5.39. The minimum Gasteiger partial charge on any atom is -0.299 e. The second-order valence-electron chi connectivity index (χ2n) is 6.41. The summed E-state index contributed by atoms with van der Waals surface area (Å²) >= 11 is 5.47. The molecule has 2 aromatic rings. The lowest BCUT2D eigenvalue weighted by atomic mass is 9.76. The van der Waals surface area contributed by atoms with Crippen molar-refractivity contribution in [2.24, 2.45) is 11.8 Å². The van der Waals surface area contributed by atoms with E-state index in [1.54, 1.807) is 0 Å². The first-order chi connectivity index (χ1) is 11.6. The molecule has 1 saturated carbocycles. The Kier molecular flexibility index (Phi) is 5.00. The number of carbonyl (C=O) groups excluding carboxylic acids is 2. The summed E-state index contributed by atoms with van der Waals surface area (Å²) in [5, 5.41) is 0. The molecule has 122 valence electrons. The molecule has 0 bridgehead atoms. The van der Waals surface area contributed by atoms with Gasteiger partial charge in [0.1, 0.15) is 11.6 Å². The van der Waals surface area contributed by atoms with Crippen LogP contribution in [0.1, 0.15) is 36.8 Å². The Hall–Kier alpha value is -2.13. The number of ketones is 2. The van der Waals surface area contributed by atoms with Crippen LogP contribution in [0.2, 0.25) is 0 Å². The van der Waals surface area contributed by atoms with Crippen molar-refractivity contribution in [2.45, 2.75) is 25.7 Å². The number of hydrogen-bond donors (Lipinski definition) is 0. The SMILES string of the molecule is CC1C(=O)CC(=O)C(C(c2ccccc2)c2ccccc2)CC1=S. The zero-order valence-electron chi connectivity index (χ0n) is 13.6. The number of thiocarbonyl (C=S) groups is 1. The summed E-state index contributed by atoms with van der Waals surface area (Å²) in [6.45, 7) is 1.82. The van der Waals surface area contributed by atoms with Crippen LogP contribution in [0.25, 0.3) is 0 Å². The van der Waals surface area contributed by atoms with Crippen LogP contribution in [-0.4, -0.2) is 16.4 Å². The monoisotopic (exact) mass is 336 g/mol. The maximum atomic E-state index is 12.8. The van der Waals surface area contributed by atoms with Gasteiger partial charge in [0.25, 0.3) is 0 Å². The molecule has 1 fully saturated rings. The Balaban J connectivity index is 2.06. The van der Waals surface area contributed by atoms with Crippen LogP contribution >= 0.6 is 12.2 Å². The number of carbonyl (C=O) groups is 2. The summed E-state index contributed by atoms with van der Waals surface area (Å²) in [7, 11) is 0. The number of Topliss-reactive ketones (excluding diaryl/α,β-unsaturated/α-hetero) is 2. The van der Waals surface area contributed by atoms with Crippen LogP contribution in [0.5, 0.6) is 0 Å². The minimum absolute atomic E-state index is 0.00408. The Morgan fingerprint density at radius 2 is 1.38 bits per heavy atom. The van der Waals surface area contributed by atoms with Crippen molar-refractivity contribution < 1.29 is 9.59 Å². The van der Waals surface area contributed by atoms with Crippen LogP contribution in [0.4, 0.5) is 0 Å². The van der Waals surface area contributed by atoms with Crippen LogP contribution in [0, 0.1) is 11.8 Å². The van der Waals surface area contributed by atoms with Gasteiger partial charge in [0, 0.05) is 22.6 Å². The molecule has 2 unspecified atom stereocenters. The van der Waals surface area contributed by atoms with E-state index in [1.807, 2.05) is 67.6 Å². The van der Waals surface area contributed by atoms with Crippen molar-refractivity contribution >= 4 is 28.6 Å². The molecule has 1 aliphatic rings. The molecule has 2 nitrogen and oxygen atoms in total. The Bertz CT molecular complexity index is 712. The third-order valence-electron chi connectivity index (χ3n) is 4.87. The highest BCUT2D eigenvalue weighted by atomic mass is 32.1. The van der Waals surface area contributed by atoms with Gasteiger partial charge in [-0.1, -0.05) is 79.8 Å². The van der Waals surface area contributed by atoms with Crippen LogP contribution in [0.3, 0.4) is 0 Å². The molecule has 3 heteroatoms.